The topological polar surface area (TPSA) is 159 Å². The van der Waals surface area contributed by atoms with Crippen molar-refractivity contribution in [3.63, 3.8) is 0 Å². The number of ether oxygens (including phenoxy) is 1. The number of nitrogens with two attached hydrogens (primary N) is 2. The molecule has 0 unspecified atom stereocenters. The van der Waals surface area contributed by atoms with Gasteiger partial charge in [0.05, 0.1) is 11.3 Å². The molecule has 0 saturated heterocycles. The lowest BCUT2D eigenvalue weighted by Gasteiger charge is -2.13. The monoisotopic (exact) mass is 419 g/mol. The minimum Gasteiger partial charge on any atom is -0.453 e. The van der Waals surface area contributed by atoms with Gasteiger partial charge in [-0.05, 0) is 55.5 Å². The number of hydrogen-bond donors (Lipinski definition) is 3. The third kappa shape index (κ3) is 6.70. The summed E-state index contributed by atoms with van der Waals surface area (Å²) >= 11 is 0. The fourth-order valence-electron chi connectivity index (χ4n) is 2.31. The number of nitrogen functional groups attached to an aromatic ring is 1. The molecule has 9 nitrogen and oxygen atoms in total. The zero-order valence-corrected chi connectivity index (χ0v) is 16.4. The highest BCUT2D eigenvalue weighted by molar-refractivity contribution is 7.89. The van der Waals surface area contributed by atoms with Crippen molar-refractivity contribution in [2.24, 2.45) is 5.14 Å². The molecule has 0 fully saturated rings. The maximum absolute atomic E-state index is 12.1. The Morgan fingerprint density at radius 1 is 1.00 bits per heavy atom. The lowest BCUT2D eigenvalue weighted by Crippen LogP contribution is -2.30. The van der Waals surface area contributed by atoms with E-state index in [0.717, 1.165) is 0 Å². The van der Waals surface area contributed by atoms with Gasteiger partial charge < -0.3 is 15.8 Å². The number of carbonyl (C=O) groups excluding carboxylic acids is 3. The Balaban J connectivity index is 1.83. The average molecular weight is 419 g/mol. The molecular weight excluding hydrogens is 398 g/mol. The van der Waals surface area contributed by atoms with Crippen molar-refractivity contribution in [2.45, 2.75) is 30.8 Å². The van der Waals surface area contributed by atoms with Gasteiger partial charge >= 0.3 is 5.97 Å². The molecule has 0 saturated carbocycles. The predicted octanol–water partition coefficient (Wildman–Crippen LogP) is 1.45. The summed E-state index contributed by atoms with van der Waals surface area (Å²) in [6.07, 6.45) is -1.34. The summed E-state index contributed by atoms with van der Waals surface area (Å²) in [5, 5.41) is 7.49. The van der Waals surface area contributed by atoms with Crippen LogP contribution in [0.4, 0.5) is 11.4 Å². The molecule has 0 aromatic heterocycles. The molecule has 2 aromatic carbocycles. The Morgan fingerprint density at radius 2 is 1.59 bits per heavy atom. The van der Waals surface area contributed by atoms with Gasteiger partial charge in [0, 0.05) is 23.4 Å². The van der Waals surface area contributed by atoms with Gasteiger partial charge in [-0.25, -0.2) is 13.6 Å². The van der Waals surface area contributed by atoms with E-state index in [2.05, 4.69) is 5.32 Å². The Morgan fingerprint density at radius 3 is 2.14 bits per heavy atom. The van der Waals surface area contributed by atoms with Gasteiger partial charge in [0.15, 0.2) is 11.9 Å². The van der Waals surface area contributed by atoms with E-state index in [9.17, 15) is 22.8 Å². The molecule has 1 atom stereocenters. The number of Topliss-reactive ketones (excluding diaryl/α,β-unsaturated/α-hetero) is 1. The fourth-order valence-corrected chi connectivity index (χ4v) is 2.83. The number of primary sulfonamides is 1. The largest absolute Gasteiger partial charge is 0.453 e. The molecule has 29 heavy (non-hydrogen) atoms. The fraction of sp³-hybridized carbons (Fsp3) is 0.211. The van der Waals surface area contributed by atoms with Crippen LogP contribution in [0.1, 0.15) is 30.1 Å². The van der Waals surface area contributed by atoms with Gasteiger partial charge in [-0.3, -0.25) is 14.4 Å². The normalized spacial score (nSPS) is 12.1. The van der Waals surface area contributed by atoms with Crippen molar-refractivity contribution in [1.29, 1.82) is 0 Å². The summed E-state index contributed by atoms with van der Waals surface area (Å²) in [5.74, 6) is -1.54. The van der Waals surface area contributed by atoms with Gasteiger partial charge in [0.1, 0.15) is 0 Å². The number of benzene rings is 2. The lowest BCUT2D eigenvalue weighted by atomic mass is 10.1. The zero-order chi connectivity index (χ0) is 21.6. The number of nitrogens with one attached hydrogen (secondary N) is 1. The molecule has 0 aliphatic rings. The smallest absolute Gasteiger partial charge is 0.307 e. The van der Waals surface area contributed by atoms with Crippen LogP contribution in [0.25, 0.3) is 0 Å². The van der Waals surface area contributed by atoms with E-state index in [1.807, 2.05) is 0 Å². The summed E-state index contributed by atoms with van der Waals surface area (Å²) in [4.78, 5) is 36.0. The van der Waals surface area contributed by atoms with Gasteiger partial charge in [-0.2, -0.15) is 0 Å². The molecule has 2 rings (SSSR count). The van der Waals surface area contributed by atoms with Crippen LogP contribution in [-0.2, 0) is 24.3 Å². The zero-order valence-electron chi connectivity index (χ0n) is 15.6. The second kappa shape index (κ2) is 9.30. The SMILES string of the molecule is C[C@@H](OC(=O)CCC(=O)c1ccc(N)cc1)C(=O)Nc1ccc(S(N)(=O)=O)cc1. The minimum atomic E-state index is -3.83. The Hall–Kier alpha value is -3.24. The number of hydrogen-bond acceptors (Lipinski definition) is 7. The summed E-state index contributed by atoms with van der Waals surface area (Å²) in [7, 11) is -3.83. The first-order valence-corrected chi connectivity index (χ1v) is 10.1. The summed E-state index contributed by atoms with van der Waals surface area (Å²) < 4.78 is 27.5. The van der Waals surface area contributed by atoms with Gasteiger partial charge in [-0.15, -0.1) is 0 Å². The predicted molar refractivity (Wildman–Crippen MR) is 106 cm³/mol. The van der Waals surface area contributed by atoms with Crippen molar-refractivity contribution in [2.75, 3.05) is 11.1 Å². The molecule has 1 amide bonds. The van der Waals surface area contributed by atoms with Gasteiger partial charge in [0.2, 0.25) is 10.0 Å². The van der Waals surface area contributed by atoms with E-state index in [0.29, 0.717) is 16.9 Å². The van der Waals surface area contributed by atoms with Crippen molar-refractivity contribution >= 4 is 39.1 Å². The van der Waals surface area contributed by atoms with Crippen LogP contribution in [0.5, 0.6) is 0 Å². The Kier molecular flexibility index (Phi) is 7.08. The van der Waals surface area contributed by atoms with Crippen molar-refractivity contribution < 1.29 is 27.5 Å². The van der Waals surface area contributed by atoms with Crippen LogP contribution in [-0.4, -0.2) is 32.2 Å². The highest BCUT2D eigenvalue weighted by Crippen LogP contribution is 2.14. The maximum atomic E-state index is 12.1. The van der Waals surface area contributed by atoms with Crippen molar-refractivity contribution in [1.82, 2.24) is 0 Å². The van der Waals surface area contributed by atoms with E-state index in [1.165, 1.54) is 31.2 Å². The van der Waals surface area contributed by atoms with Crippen LogP contribution >= 0.6 is 0 Å². The molecule has 0 heterocycles. The summed E-state index contributed by atoms with van der Waals surface area (Å²) in [5.41, 5.74) is 6.83. The first-order valence-electron chi connectivity index (χ1n) is 8.58. The van der Waals surface area contributed by atoms with Crippen molar-refractivity contribution in [3.05, 3.63) is 54.1 Å². The van der Waals surface area contributed by atoms with E-state index in [4.69, 9.17) is 15.6 Å². The average Bonchev–Trinajstić information content (AvgIpc) is 2.66. The Bertz CT molecular complexity index is 1000. The van der Waals surface area contributed by atoms with Crippen LogP contribution in [0.2, 0.25) is 0 Å². The van der Waals surface area contributed by atoms with Crippen LogP contribution in [0.3, 0.4) is 0 Å². The summed E-state index contributed by atoms with van der Waals surface area (Å²) in [6.45, 7) is 1.38. The lowest BCUT2D eigenvalue weighted by molar-refractivity contribution is -0.153. The molecule has 0 radical (unpaired) electrons. The first-order chi connectivity index (χ1) is 13.6. The third-order valence-electron chi connectivity index (χ3n) is 3.92. The van der Waals surface area contributed by atoms with E-state index in [1.54, 1.807) is 24.3 Å². The molecule has 0 spiro atoms. The number of ketones is 1. The first kappa shape index (κ1) is 22.1. The highest BCUT2D eigenvalue weighted by atomic mass is 32.2. The van der Waals surface area contributed by atoms with Crippen molar-refractivity contribution in [3.8, 4) is 0 Å². The molecular formula is C19H21N3O6S. The van der Waals surface area contributed by atoms with E-state index in [-0.39, 0.29) is 23.5 Å². The molecule has 0 aliphatic carbocycles. The molecule has 154 valence electrons. The number of anilines is 2. The highest BCUT2D eigenvalue weighted by Gasteiger charge is 2.19. The molecule has 0 aliphatic heterocycles. The quantitative estimate of drug-likeness (QED) is 0.332. The second-order valence-corrected chi connectivity index (χ2v) is 7.80. The second-order valence-electron chi connectivity index (χ2n) is 6.24. The molecule has 10 heteroatoms. The molecule has 5 N–H and O–H groups in total. The minimum absolute atomic E-state index is 0.0634. The van der Waals surface area contributed by atoms with Gasteiger partial charge in [-0.1, -0.05) is 0 Å². The Labute approximate surface area is 168 Å². The van der Waals surface area contributed by atoms with Crippen LogP contribution in [0, 0.1) is 0 Å². The number of rotatable bonds is 8. The third-order valence-corrected chi connectivity index (χ3v) is 4.85. The summed E-state index contributed by atoms with van der Waals surface area (Å²) in [6, 6.07) is 11.5. The van der Waals surface area contributed by atoms with Crippen LogP contribution < -0.4 is 16.2 Å². The number of sulfonamides is 1. The van der Waals surface area contributed by atoms with Gasteiger partial charge in [0.25, 0.3) is 5.91 Å². The number of carbonyl (C=O) groups is 3. The van der Waals surface area contributed by atoms with E-state index < -0.39 is 28.0 Å². The molecule has 2 aromatic rings. The maximum Gasteiger partial charge on any atom is 0.307 e. The van der Waals surface area contributed by atoms with Crippen LogP contribution in [0.15, 0.2) is 53.4 Å². The molecule has 0 bridgehead atoms. The number of amides is 1. The van der Waals surface area contributed by atoms with E-state index >= 15 is 0 Å². The standard InChI is InChI=1S/C19H21N3O6S/c1-12(19(25)22-15-6-8-16(9-7-15)29(21,26)27)28-18(24)11-10-17(23)13-2-4-14(20)5-3-13/h2-9,12H,10-11,20H2,1H3,(H,22,25)(H2,21,26,27)/t12-/m1/s1. The number of esters is 1.